The van der Waals surface area contributed by atoms with E-state index in [1.807, 2.05) is 6.07 Å². The normalized spacial score (nSPS) is 16.5. The first-order valence-electron chi connectivity index (χ1n) is 8.78. The smallest absolute Gasteiger partial charge is 0.164 e. The van der Waals surface area contributed by atoms with Crippen LogP contribution in [0.25, 0.3) is 0 Å². The van der Waals surface area contributed by atoms with Crippen LogP contribution in [0.2, 0.25) is 0 Å². The summed E-state index contributed by atoms with van der Waals surface area (Å²) in [6, 6.07) is 20.0. The van der Waals surface area contributed by atoms with Crippen LogP contribution in [0.5, 0.6) is 0 Å². The van der Waals surface area contributed by atoms with Crippen molar-refractivity contribution < 1.29 is 4.79 Å². The molecule has 1 N–H and O–H groups in total. The lowest BCUT2D eigenvalue weighted by atomic mass is 10.0. The molecule has 4 nitrogen and oxygen atoms in total. The number of rotatable bonds is 6. The number of nitriles is 1. The summed E-state index contributed by atoms with van der Waals surface area (Å²) in [5.74, 6) is 0.106. The summed E-state index contributed by atoms with van der Waals surface area (Å²) in [7, 11) is 0. The molecule has 2 aromatic carbocycles. The third-order valence-electron chi connectivity index (χ3n) is 4.73. The first-order chi connectivity index (χ1) is 12.3. The van der Waals surface area contributed by atoms with E-state index in [2.05, 4.69) is 40.6 Å². The van der Waals surface area contributed by atoms with Gasteiger partial charge in [0.05, 0.1) is 11.6 Å². The minimum atomic E-state index is 0. The van der Waals surface area contributed by atoms with Crippen LogP contribution in [-0.2, 0) is 6.42 Å². The van der Waals surface area contributed by atoms with Gasteiger partial charge in [0.15, 0.2) is 5.78 Å². The minimum absolute atomic E-state index is 0. The lowest BCUT2D eigenvalue weighted by Gasteiger charge is -2.36. The van der Waals surface area contributed by atoms with E-state index in [1.165, 1.54) is 5.56 Å². The predicted octanol–water partition coefficient (Wildman–Crippen LogP) is 3.49. The lowest BCUT2D eigenvalue weighted by molar-refractivity contribution is 0.0935. The van der Waals surface area contributed by atoms with Crippen LogP contribution < -0.4 is 5.32 Å². The molecule has 1 aliphatic rings. The Hall–Kier alpha value is -1.90. The number of hydrogen-bond acceptors (Lipinski definition) is 4. The van der Waals surface area contributed by atoms with E-state index in [0.29, 0.717) is 23.6 Å². The number of benzene rings is 2. The molecule has 0 bridgehead atoms. The molecule has 0 saturated carbocycles. The molecule has 0 aliphatic carbocycles. The van der Waals surface area contributed by atoms with Gasteiger partial charge in [0.25, 0.3) is 0 Å². The number of Topliss-reactive ketones (excluding diaryl/α,β-unsaturated/α-hetero) is 1. The van der Waals surface area contributed by atoms with Crippen LogP contribution in [0, 0.1) is 11.3 Å². The van der Waals surface area contributed by atoms with Crippen molar-refractivity contribution >= 4 is 30.6 Å². The molecule has 27 heavy (non-hydrogen) atoms. The molecule has 144 valence electrons. The third-order valence-corrected chi connectivity index (χ3v) is 4.73. The molecule has 1 aliphatic heterocycles. The molecular weight excluding hydrogens is 381 g/mol. The minimum Gasteiger partial charge on any atom is -0.314 e. The van der Waals surface area contributed by atoms with E-state index in [1.54, 1.807) is 24.3 Å². The largest absolute Gasteiger partial charge is 0.314 e. The van der Waals surface area contributed by atoms with E-state index >= 15 is 0 Å². The van der Waals surface area contributed by atoms with Gasteiger partial charge in [-0.2, -0.15) is 5.26 Å². The van der Waals surface area contributed by atoms with Gasteiger partial charge < -0.3 is 5.32 Å². The maximum Gasteiger partial charge on any atom is 0.164 e. The van der Waals surface area contributed by atoms with Crippen LogP contribution in [0.1, 0.15) is 27.9 Å². The zero-order chi connectivity index (χ0) is 17.5. The van der Waals surface area contributed by atoms with Gasteiger partial charge in [-0.3, -0.25) is 9.69 Å². The highest BCUT2D eigenvalue weighted by molar-refractivity contribution is 5.96. The maximum absolute atomic E-state index is 12.5. The van der Waals surface area contributed by atoms with Crippen molar-refractivity contribution in [3.05, 3.63) is 71.3 Å². The van der Waals surface area contributed by atoms with Crippen LogP contribution in [0.15, 0.2) is 54.6 Å². The summed E-state index contributed by atoms with van der Waals surface area (Å²) in [4.78, 5) is 14.9. The molecule has 0 amide bonds. The van der Waals surface area contributed by atoms with E-state index in [-0.39, 0.29) is 30.6 Å². The summed E-state index contributed by atoms with van der Waals surface area (Å²) >= 11 is 0. The van der Waals surface area contributed by atoms with Gasteiger partial charge in [-0.1, -0.05) is 42.5 Å². The van der Waals surface area contributed by atoms with Gasteiger partial charge in [0.2, 0.25) is 0 Å². The average Bonchev–Trinajstić information content (AvgIpc) is 2.68. The molecule has 1 fully saturated rings. The molecular formula is C21H25Cl2N3O. The Bertz CT molecular complexity index is 762. The molecule has 1 unspecified atom stereocenters. The SMILES string of the molecule is Cl.Cl.N#Cc1cccc(C(=O)CCN2CCNCC2Cc2ccccc2)c1. The summed E-state index contributed by atoms with van der Waals surface area (Å²) in [5.41, 5.74) is 2.50. The fourth-order valence-corrected chi connectivity index (χ4v) is 3.34. The number of halogens is 2. The van der Waals surface area contributed by atoms with Crippen LogP contribution in [0.4, 0.5) is 0 Å². The number of ketones is 1. The lowest BCUT2D eigenvalue weighted by Crippen LogP contribution is -2.52. The van der Waals surface area contributed by atoms with Crippen molar-refractivity contribution in [3.63, 3.8) is 0 Å². The molecule has 0 spiro atoms. The second-order valence-electron chi connectivity index (χ2n) is 6.45. The highest BCUT2D eigenvalue weighted by Gasteiger charge is 2.23. The maximum atomic E-state index is 12.5. The summed E-state index contributed by atoms with van der Waals surface area (Å²) < 4.78 is 0. The zero-order valence-electron chi connectivity index (χ0n) is 15.1. The van der Waals surface area contributed by atoms with E-state index in [9.17, 15) is 4.79 Å². The van der Waals surface area contributed by atoms with Gasteiger partial charge in [-0.25, -0.2) is 0 Å². The molecule has 1 saturated heterocycles. The number of nitrogens with zero attached hydrogens (tertiary/aromatic N) is 2. The van der Waals surface area contributed by atoms with E-state index in [0.717, 1.165) is 32.6 Å². The first kappa shape index (κ1) is 23.1. The van der Waals surface area contributed by atoms with Crippen molar-refractivity contribution in [1.82, 2.24) is 10.2 Å². The van der Waals surface area contributed by atoms with Gasteiger partial charge in [0.1, 0.15) is 0 Å². The number of piperazine rings is 1. The van der Waals surface area contributed by atoms with Crippen molar-refractivity contribution in [2.45, 2.75) is 18.9 Å². The molecule has 0 radical (unpaired) electrons. The third kappa shape index (κ3) is 6.64. The Kier molecular flexibility index (Phi) is 10.1. The quantitative estimate of drug-likeness (QED) is 0.747. The van der Waals surface area contributed by atoms with Crippen LogP contribution >= 0.6 is 24.8 Å². The predicted molar refractivity (Wildman–Crippen MR) is 113 cm³/mol. The zero-order valence-corrected chi connectivity index (χ0v) is 16.8. The molecule has 1 atom stereocenters. The Morgan fingerprint density at radius 1 is 1.15 bits per heavy atom. The van der Waals surface area contributed by atoms with Gasteiger partial charge in [-0.15, -0.1) is 24.8 Å². The highest BCUT2D eigenvalue weighted by atomic mass is 35.5. The molecule has 0 aromatic heterocycles. The highest BCUT2D eigenvalue weighted by Crippen LogP contribution is 2.13. The van der Waals surface area contributed by atoms with Crippen LogP contribution in [0.3, 0.4) is 0 Å². The summed E-state index contributed by atoms with van der Waals surface area (Å²) in [6.07, 6.45) is 1.48. The second kappa shape index (κ2) is 11.7. The van der Waals surface area contributed by atoms with Crippen molar-refractivity contribution in [2.24, 2.45) is 0 Å². The number of carbonyl (C=O) groups is 1. The molecule has 3 rings (SSSR count). The fourth-order valence-electron chi connectivity index (χ4n) is 3.34. The first-order valence-corrected chi connectivity index (χ1v) is 8.78. The number of hydrogen-bond donors (Lipinski definition) is 1. The summed E-state index contributed by atoms with van der Waals surface area (Å²) in [6.45, 7) is 3.63. The Morgan fingerprint density at radius 2 is 1.93 bits per heavy atom. The number of nitrogens with one attached hydrogen (secondary N) is 1. The standard InChI is InChI=1S/C21H23N3O.2ClH/c22-15-18-7-4-8-19(13-18)21(25)9-11-24-12-10-23-16-20(24)14-17-5-2-1-3-6-17;;/h1-8,13,20,23H,9-12,14,16H2;2*1H. The van der Waals surface area contributed by atoms with Crippen molar-refractivity contribution in [2.75, 3.05) is 26.2 Å². The number of carbonyl (C=O) groups excluding carboxylic acids is 1. The van der Waals surface area contributed by atoms with E-state index < -0.39 is 0 Å². The van der Waals surface area contributed by atoms with Crippen LogP contribution in [-0.4, -0.2) is 42.9 Å². The Morgan fingerprint density at radius 3 is 2.67 bits per heavy atom. The Labute approximate surface area is 173 Å². The van der Waals surface area contributed by atoms with Gasteiger partial charge in [-0.05, 0) is 24.1 Å². The molecule has 1 heterocycles. The monoisotopic (exact) mass is 405 g/mol. The Balaban J connectivity index is 0.00000182. The topological polar surface area (TPSA) is 56.1 Å². The fraction of sp³-hybridized carbons (Fsp3) is 0.333. The van der Waals surface area contributed by atoms with Gasteiger partial charge in [0, 0.05) is 44.2 Å². The molecule has 2 aromatic rings. The van der Waals surface area contributed by atoms with Crippen molar-refractivity contribution in [3.8, 4) is 6.07 Å². The molecule has 6 heteroatoms. The second-order valence-corrected chi connectivity index (χ2v) is 6.45. The van der Waals surface area contributed by atoms with Gasteiger partial charge >= 0.3 is 0 Å². The van der Waals surface area contributed by atoms with E-state index in [4.69, 9.17) is 5.26 Å². The summed E-state index contributed by atoms with van der Waals surface area (Å²) in [5, 5.41) is 12.4. The van der Waals surface area contributed by atoms with Crippen molar-refractivity contribution in [1.29, 1.82) is 5.26 Å². The average molecular weight is 406 g/mol.